The topological polar surface area (TPSA) is 88.4 Å². The second-order valence-corrected chi connectivity index (χ2v) is 6.55. The van der Waals surface area contributed by atoms with E-state index in [0.29, 0.717) is 16.3 Å². The number of nitrogens with zero attached hydrogens (tertiary/aromatic N) is 2. The molecule has 1 aliphatic heterocycles. The van der Waals surface area contributed by atoms with Crippen molar-refractivity contribution < 1.29 is 24.2 Å². The number of carbonyl (C=O) groups is 2. The van der Waals surface area contributed by atoms with Gasteiger partial charge >= 0.3 is 5.97 Å². The summed E-state index contributed by atoms with van der Waals surface area (Å²) < 4.78 is 10.1. The van der Waals surface area contributed by atoms with Gasteiger partial charge in [-0.2, -0.15) is 10.1 Å². The molecule has 7 nitrogen and oxygen atoms in total. The summed E-state index contributed by atoms with van der Waals surface area (Å²) in [7, 11) is 1.52. The Hall–Kier alpha value is -2.90. The number of hydrazone groups is 1. The van der Waals surface area contributed by atoms with Crippen LogP contribution < -0.4 is 4.74 Å². The number of hydrogen-bond donors (Lipinski definition) is 1. The number of ether oxygens (including phenoxy) is 2. The number of methoxy groups -OCH3 is 1. The summed E-state index contributed by atoms with van der Waals surface area (Å²) in [5.41, 5.74) is -1.23. The Morgan fingerprint density at radius 2 is 1.82 bits per heavy atom. The van der Waals surface area contributed by atoms with Crippen LogP contribution in [0.1, 0.15) is 29.3 Å². The molecule has 2 aromatic rings. The van der Waals surface area contributed by atoms with Crippen molar-refractivity contribution in [1.82, 2.24) is 5.01 Å². The number of amides is 1. The minimum atomic E-state index is -1.84. The molecule has 1 heterocycles. The van der Waals surface area contributed by atoms with Crippen LogP contribution in [0.4, 0.5) is 0 Å². The van der Waals surface area contributed by atoms with Gasteiger partial charge in [-0.15, -0.1) is 0 Å². The average Bonchev–Trinajstić information content (AvgIpc) is 3.07. The lowest BCUT2D eigenvalue weighted by Crippen LogP contribution is -2.43. The largest absolute Gasteiger partial charge is 0.497 e. The van der Waals surface area contributed by atoms with E-state index in [4.69, 9.17) is 21.1 Å². The molecule has 0 fully saturated rings. The van der Waals surface area contributed by atoms with Gasteiger partial charge in [0.1, 0.15) is 5.75 Å². The lowest BCUT2D eigenvalue weighted by atomic mass is 9.96. The predicted octanol–water partition coefficient (Wildman–Crippen LogP) is 2.96. The van der Waals surface area contributed by atoms with Crippen molar-refractivity contribution in [3.8, 4) is 5.75 Å². The highest BCUT2D eigenvalue weighted by Gasteiger charge is 2.48. The second kappa shape index (κ2) is 8.00. The fourth-order valence-electron chi connectivity index (χ4n) is 2.88. The number of halogens is 1. The summed E-state index contributed by atoms with van der Waals surface area (Å²) in [6.07, 6.45) is -0.199. The molecular weight excluding hydrogens is 384 g/mol. The van der Waals surface area contributed by atoms with Crippen LogP contribution in [0, 0.1) is 0 Å². The van der Waals surface area contributed by atoms with Gasteiger partial charge in [0.15, 0.2) is 11.4 Å². The highest BCUT2D eigenvalue weighted by atomic mass is 35.5. The Morgan fingerprint density at radius 3 is 2.39 bits per heavy atom. The minimum Gasteiger partial charge on any atom is -0.497 e. The number of hydrogen-bond acceptors (Lipinski definition) is 6. The molecule has 2 aromatic carbocycles. The van der Waals surface area contributed by atoms with Gasteiger partial charge in [0, 0.05) is 16.1 Å². The molecule has 1 N–H and O–H groups in total. The predicted molar refractivity (Wildman–Crippen MR) is 103 cm³/mol. The van der Waals surface area contributed by atoms with Gasteiger partial charge in [-0.3, -0.25) is 4.79 Å². The van der Waals surface area contributed by atoms with Crippen LogP contribution in [0.3, 0.4) is 0 Å². The van der Waals surface area contributed by atoms with Crippen molar-refractivity contribution in [2.45, 2.75) is 19.1 Å². The van der Waals surface area contributed by atoms with Crippen molar-refractivity contribution in [2.24, 2.45) is 5.10 Å². The first kappa shape index (κ1) is 19.9. The first-order valence-corrected chi connectivity index (χ1v) is 8.98. The van der Waals surface area contributed by atoms with E-state index in [2.05, 4.69) is 5.10 Å². The van der Waals surface area contributed by atoms with E-state index in [1.807, 2.05) is 0 Å². The summed E-state index contributed by atoms with van der Waals surface area (Å²) in [5.74, 6) is -0.666. The molecule has 1 aliphatic rings. The monoisotopic (exact) mass is 402 g/mol. The smallest absolute Gasteiger partial charge is 0.354 e. The molecule has 0 saturated heterocycles. The van der Waals surface area contributed by atoms with Crippen LogP contribution in [0.25, 0.3) is 0 Å². The molecule has 3 rings (SSSR count). The summed E-state index contributed by atoms with van der Waals surface area (Å²) in [5, 5.41) is 16.8. The molecule has 28 heavy (non-hydrogen) atoms. The number of aliphatic hydroxyl groups is 1. The fraction of sp³-hybridized carbons (Fsp3) is 0.250. The van der Waals surface area contributed by atoms with E-state index in [-0.39, 0.29) is 24.3 Å². The molecule has 0 spiro atoms. The summed E-state index contributed by atoms with van der Waals surface area (Å²) >= 11 is 5.93. The van der Waals surface area contributed by atoms with Crippen molar-refractivity contribution in [3.63, 3.8) is 0 Å². The third kappa shape index (κ3) is 3.72. The van der Waals surface area contributed by atoms with Crippen LogP contribution >= 0.6 is 11.6 Å². The first-order valence-electron chi connectivity index (χ1n) is 8.60. The minimum absolute atomic E-state index is 0.0406. The number of benzene rings is 2. The van der Waals surface area contributed by atoms with Gasteiger partial charge in [0.05, 0.1) is 20.1 Å². The molecule has 8 heteroatoms. The van der Waals surface area contributed by atoms with E-state index >= 15 is 0 Å². The van der Waals surface area contributed by atoms with Gasteiger partial charge in [-0.25, -0.2) is 4.79 Å². The lowest BCUT2D eigenvalue weighted by Gasteiger charge is -2.31. The van der Waals surface area contributed by atoms with E-state index in [1.165, 1.54) is 7.11 Å². The van der Waals surface area contributed by atoms with Gasteiger partial charge in [0.25, 0.3) is 5.91 Å². The lowest BCUT2D eigenvalue weighted by molar-refractivity contribution is -0.135. The molecule has 0 aromatic heterocycles. The van der Waals surface area contributed by atoms with Crippen LogP contribution in [-0.2, 0) is 15.3 Å². The quantitative estimate of drug-likeness (QED) is 0.777. The van der Waals surface area contributed by atoms with Crippen LogP contribution in [0.5, 0.6) is 5.75 Å². The highest BCUT2D eigenvalue weighted by Crippen LogP contribution is 2.37. The number of carbonyl (C=O) groups excluding carboxylic acids is 2. The van der Waals surface area contributed by atoms with E-state index in [1.54, 1.807) is 55.5 Å². The van der Waals surface area contributed by atoms with Gasteiger partial charge in [0.2, 0.25) is 0 Å². The Kier molecular flexibility index (Phi) is 5.67. The Labute approximate surface area is 167 Å². The van der Waals surface area contributed by atoms with Gasteiger partial charge < -0.3 is 14.6 Å². The SMILES string of the molecule is CCOC(=O)C1=NN(C(=O)c2ccc(OC)cc2)[C@](O)(c2ccc(Cl)cc2)C1. The van der Waals surface area contributed by atoms with E-state index in [0.717, 1.165) is 5.01 Å². The maximum absolute atomic E-state index is 13.1. The molecule has 0 radical (unpaired) electrons. The summed E-state index contributed by atoms with van der Waals surface area (Å²) in [6.45, 7) is 1.82. The zero-order chi connectivity index (χ0) is 20.3. The molecule has 0 saturated carbocycles. The first-order chi connectivity index (χ1) is 13.4. The zero-order valence-electron chi connectivity index (χ0n) is 15.4. The van der Waals surface area contributed by atoms with Crippen molar-refractivity contribution in [1.29, 1.82) is 0 Å². The summed E-state index contributed by atoms with van der Waals surface area (Å²) in [6, 6.07) is 12.7. The number of esters is 1. The molecular formula is C20H19ClN2O5. The van der Waals surface area contributed by atoms with Gasteiger partial charge in [-0.05, 0) is 43.3 Å². The molecule has 0 unspecified atom stereocenters. The van der Waals surface area contributed by atoms with Crippen molar-refractivity contribution in [3.05, 3.63) is 64.7 Å². The maximum atomic E-state index is 13.1. The molecule has 1 atom stereocenters. The maximum Gasteiger partial charge on any atom is 0.354 e. The molecule has 146 valence electrons. The third-order valence-corrected chi connectivity index (χ3v) is 4.58. The Bertz CT molecular complexity index is 911. The third-order valence-electron chi connectivity index (χ3n) is 4.33. The van der Waals surface area contributed by atoms with E-state index < -0.39 is 17.6 Å². The molecule has 0 aliphatic carbocycles. The van der Waals surface area contributed by atoms with Crippen LogP contribution in [0.2, 0.25) is 5.02 Å². The van der Waals surface area contributed by atoms with Crippen molar-refractivity contribution in [2.75, 3.05) is 13.7 Å². The average molecular weight is 403 g/mol. The van der Waals surface area contributed by atoms with Gasteiger partial charge in [-0.1, -0.05) is 23.7 Å². The number of rotatable bonds is 5. The van der Waals surface area contributed by atoms with E-state index in [9.17, 15) is 14.7 Å². The normalized spacial score (nSPS) is 18.6. The summed E-state index contributed by atoms with van der Waals surface area (Å²) in [4.78, 5) is 25.2. The standard InChI is InChI=1S/C20H19ClN2O5/c1-3-28-19(25)17-12-20(26,14-6-8-15(21)9-7-14)23(22-17)18(24)13-4-10-16(27-2)11-5-13/h4-11,26H,3,12H2,1-2H3/t20-/m1/s1. The second-order valence-electron chi connectivity index (χ2n) is 6.11. The molecule has 0 bridgehead atoms. The Morgan fingerprint density at radius 1 is 1.18 bits per heavy atom. The zero-order valence-corrected chi connectivity index (χ0v) is 16.1. The van der Waals surface area contributed by atoms with Crippen molar-refractivity contribution >= 4 is 29.2 Å². The Balaban J connectivity index is 2.01. The highest BCUT2D eigenvalue weighted by molar-refractivity contribution is 6.37. The molecule has 1 amide bonds. The fourth-order valence-corrected chi connectivity index (χ4v) is 3.01. The van der Waals surface area contributed by atoms with Crippen LogP contribution in [0.15, 0.2) is 53.6 Å². The van der Waals surface area contributed by atoms with Crippen LogP contribution in [-0.4, -0.2) is 41.4 Å².